The number of hydrogen-bond donors (Lipinski definition) is 1. The van der Waals surface area contributed by atoms with Crippen molar-refractivity contribution in [2.24, 2.45) is 0 Å². The van der Waals surface area contributed by atoms with Crippen LogP contribution in [0, 0.1) is 0 Å². The molecule has 1 aromatic carbocycles. The first-order valence-electron chi connectivity index (χ1n) is 9.87. The lowest BCUT2D eigenvalue weighted by atomic mass is 9.95. The van der Waals surface area contributed by atoms with E-state index in [0.29, 0.717) is 30.4 Å². The quantitative estimate of drug-likeness (QED) is 0.510. The van der Waals surface area contributed by atoms with E-state index in [-0.39, 0.29) is 17.5 Å². The van der Waals surface area contributed by atoms with Crippen molar-refractivity contribution in [1.29, 1.82) is 0 Å². The average Bonchev–Trinajstić information content (AvgIpc) is 3.51. The highest BCUT2D eigenvalue weighted by atomic mass is 32.1. The Bertz CT molecular complexity index is 958. The molecule has 2 atom stereocenters. The molecule has 156 valence electrons. The Morgan fingerprint density at radius 2 is 2.13 bits per heavy atom. The Balaban J connectivity index is 1.70. The second-order valence-corrected chi connectivity index (χ2v) is 8.18. The lowest BCUT2D eigenvalue weighted by Gasteiger charge is -2.29. The molecule has 2 aliphatic rings. The number of Topliss-reactive ketones (excluding diaryl/α,β-unsaturated/α-hetero) is 1. The van der Waals surface area contributed by atoms with Crippen LogP contribution in [0.4, 0.5) is 0 Å². The van der Waals surface area contributed by atoms with Crippen LogP contribution in [0.15, 0.2) is 65.8 Å². The lowest BCUT2D eigenvalue weighted by molar-refractivity contribution is -0.131. The van der Waals surface area contributed by atoms with Crippen LogP contribution in [-0.4, -0.2) is 47.6 Å². The zero-order valence-corrected chi connectivity index (χ0v) is 17.3. The van der Waals surface area contributed by atoms with Crippen LogP contribution in [-0.2, 0) is 9.53 Å². The summed E-state index contributed by atoms with van der Waals surface area (Å²) in [5, 5.41) is 12.5. The molecule has 0 saturated carbocycles. The molecule has 0 aliphatic carbocycles. The number of hydrogen-bond acceptors (Lipinski definition) is 6. The number of carbonyl (C=O) groups excluding carboxylic acids is 2. The number of rotatable bonds is 8. The van der Waals surface area contributed by atoms with Crippen molar-refractivity contribution in [3.63, 3.8) is 0 Å². The molecule has 3 heterocycles. The van der Waals surface area contributed by atoms with E-state index in [4.69, 9.17) is 9.47 Å². The van der Waals surface area contributed by atoms with Gasteiger partial charge in [-0.25, -0.2) is 0 Å². The van der Waals surface area contributed by atoms with Crippen LogP contribution < -0.4 is 4.74 Å². The lowest BCUT2D eigenvalue weighted by Crippen LogP contribution is -2.37. The van der Waals surface area contributed by atoms with Gasteiger partial charge in [-0.05, 0) is 42.0 Å². The molecule has 4 rings (SSSR count). The summed E-state index contributed by atoms with van der Waals surface area (Å²) in [7, 11) is 0. The van der Waals surface area contributed by atoms with Crippen LogP contribution >= 0.6 is 11.3 Å². The molecule has 2 aliphatic heterocycles. The number of amides is 1. The number of carbonyl (C=O) groups is 2. The Labute approximate surface area is 179 Å². The monoisotopic (exact) mass is 425 g/mol. The van der Waals surface area contributed by atoms with Crippen molar-refractivity contribution < 1.29 is 24.2 Å². The third kappa shape index (κ3) is 3.91. The molecule has 2 aromatic rings. The zero-order chi connectivity index (χ0) is 21.1. The zero-order valence-electron chi connectivity index (χ0n) is 16.5. The summed E-state index contributed by atoms with van der Waals surface area (Å²) in [5.74, 6) is -0.693. The highest BCUT2D eigenvalue weighted by Gasteiger charge is 2.45. The minimum absolute atomic E-state index is 0.101. The molecule has 1 aromatic heterocycles. The van der Waals surface area contributed by atoms with Gasteiger partial charge in [-0.3, -0.25) is 9.59 Å². The normalized spacial score (nSPS) is 21.3. The van der Waals surface area contributed by atoms with Gasteiger partial charge < -0.3 is 19.5 Å². The van der Waals surface area contributed by atoms with Crippen LogP contribution in [0.1, 0.15) is 34.1 Å². The van der Waals surface area contributed by atoms with Crippen LogP contribution in [0.25, 0.3) is 0 Å². The Hall–Kier alpha value is -2.90. The predicted molar refractivity (Wildman–Crippen MR) is 114 cm³/mol. The van der Waals surface area contributed by atoms with E-state index in [1.165, 1.54) is 11.3 Å². The average molecular weight is 426 g/mol. The molecular weight excluding hydrogens is 402 g/mol. The SMILES string of the molecule is C=CCOc1ccc(C2C(C(=O)c3cccs3)=C(O)C(=O)N2CC2CCCO2)cc1. The summed E-state index contributed by atoms with van der Waals surface area (Å²) in [6.45, 7) is 5.00. The fourth-order valence-electron chi connectivity index (χ4n) is 3.87. The van der Waals surface area contributed by atoms with Crippen molar-refractivity contribution >= 4 is 23.0 Å². The van der Waals surface area contributed by atoms with Gasteiger partial charge in [-0.2, -0.15) is 0 Å². The minimum Gasteiger partial charge on any atom is -0.503 e. The number of thiophene rings is 1. The van der Waals surface area contributed by atoms with Crippen molar-refractivity contribution in [1.82, 2.24) is 4.90 Å². The first kappa shape index (κ1) is 20.4. The van der Waals surface area contributed by atoms with E-state index >= 15 is 0 Å². The maximum atomic E-state index is 13.2. The standard InChI is InChI=1S/C23H23NO5S/c1-2-11-28-16-9-7-15(8-10-16)20-19(21(25)18-6-4-13-30-18)22(26)23(27)24(20)14-17-5-3-12-29-17/h2,4,6-10,13,17,20,26H,1,3,5,11-12,14H2. The molecule has 1 amide bonds. The second-order valence-electron chi connectivity index (χ2n) is 7.23. The Kier molecular flexibility index (Phi) is 6.01. The molecule has 6 nitrogen and oxygen atoms in total. The van der Waals surface area contributed by atoms with E-state index in [1.54, 1.807) is 40.6 Å². The molecule has 0 bridgehead atoms. The molecule has 1 saturated heterocycles. The first-order valence-corrected chi connectivity index (χ1v) is 10.8. The third-order valence-electron chi connectivity index (χ3n) is 5.28. The van der Waals surface area contributed by atoms with E-state index in [9.17, 15) is 14.7 Å². The molecular formula is C23H23NO5S. The molecule has 1 fully saturated rings. The fourth-order valence-corrected chi connectivity index (χ4v) is 4.55. The van der Waals surface area contributed by atoms with Crippen molar-refractivity contribution in [2.75, 3.05) is 19.8 Å². The van der Waals surface area contributed by atoms with Gasteiger partial charge >= 0.3 is 0 Å². The molecule has 0 spiro atoms. The maximum absolute atomic E-state index is 13.2. The summed E-state index contributed by atoms with van der Waals surface area (Å²) in [6.07, 6.45) is 3.34. The number of aliphatic hydroxyl groups is 1. The highest BCUT2D eigenvalue weighted by Crippen LogP contribution is 2.40. The van der Waals surface area contributed by atoms with Gasteiger partial charge in [0.1, 0.15) is 12.4 Å². The molecule has 0 radical (unpaired) electrons. The van der Waals surface area contributed by atoms with Gasteiger partial charge in [0.25, 0.3) is 5.91 Å². The number of ether oxygens (including phenoxy) is 2. The van der Waals surface area contributed by atoms with Gasteiger partial charge in [0.2, 0.25) is 5.78 Å². The number of benzene rings is 1. The summed E-state index contributed by atoms with van der Waals surface area (Å²) < 4.78 is 11.2. The smallest absolute Gasteiger partial charge is 0.290 e. The number of aliphatic hydroxyl groups excluding tert-OH is 1. The van der Waals surface area contributed by atoms with Crippen molar-refractivity contribution in [2.45, 2.75) is 25.0 Å². The molecule has 30 heavy (non-hydrogen) atoms. The minimum atomic E-state index is -0.676. The van der Waals surface area contributed by atoms with Gasteiger partial charge in [-0.15, -0.1) is 11.3 Å². The number of nitrogens with zero attached hydrogens (tertiary/aromatic N) is 1. The summed E-state index contributed by atoms with van der Waals surface area (Å²) in [4.78, 5) is 28.2. The third-order valence-corrected chi connectivity index (χ3v) is 6.15. The van der Waals surface area contributed by atoms with Crippen molar-refractivity contribution in [3.05, 3.63) is 76.2 Å². The van der Waals surface area contributed by atoms with Crippen LogP contribution in [0.5, 0.6) is 5.75 Å². The second kappa shape index (κ2) is 8.85. The number of ketones is 1. The van der Waals surface area contributed by atoms with Gasteiger partial charge in [0.05, 0.1) is 22.6 Å². The van der Waals surface area contributed by atoms with Crippen molar-refractivity contribution in [3.8, 4) is 5.75 Å². The van der Waals surface area contributed by atoms with E-state index in [1.807, 2.05) is 12.1 Å². The summed E-state index contributed by atoms with van der Waals surface area (Å²) in [5.41, 5.74) is 0.844. The fraction of sp³-hybridized carbons (Fsp3) is 0.304. The topological polar surface area (TPSA) is 76.1 Å². The first-order chi connectivity index (χ1) is 14.6. The van der Waals surface area contributed by atoms with Gasteiger partial charge in [-0.1, -0.05) is 30.9 Å². The van der Waals surface area contributed by atoms with E-state index in [0.717, 1.165) is 18.4 Å². The summed E-state index contributed by atoms with van der Waals surface area (Å²) >= 11 is 1.29. The van der Waals surface area contributed by atoms with E-state index in [2.05, 4.69) is 6.58 Å². The highest BCUT2D eigenvalue weighted by molar-refractivity contribution is 7.12. The molecule has 2 unspecified atom stereocenters. The maximum Gasteiger partial charge on any atom is 0.290 e. The Morgan fingerprint density at radius 1 is 1.33 bits per heavy atom. The van der Waals surface area contributed by atoms with E-state index < -0.39 is 17.7 Å². The van der Waals surface area contributed by atoms with Gasteiger partial charge in [0, 0.05) is 13.2 Å². The Morgan fingerprint density at radius 3 is 2.77 bits per heavy atom. The van der Waals surface area contributed by atoms with Crippen LogP contribution in [0.2, 0.25) is 0 Å². The largest absolute Gasteiger partial charge is 0.503 e. The predicted octanol–water partition coefficient (Wildman–Crippen LogP) is 4.07. The molecule has 7 heteroatoms. The van der Waals surface area contributed by atoms with Gasteiger partial charge in [0.15, 0.2) is 5.76 Å². The molecule has 1 N–H and O–H groups in total. The summed E-state index contributed by atoms with van der Waals surface area (Å²) in [6, 6.07) is 10.0. The van der Waals surface area contributed by atoms with Crippen LogP contribution in [0.3, 0.4) is 0 Å².